The lowest BCUT2D eigenvalue weighted by atomic mass is 10.1. The summed E-state index contributed by atoms with van der Waals surface area (Å²) in [7, 11) is 1.52. The molecule has 0 saturated heterocycles. The van der Waals surface area contributed by atoms with Crippen molar-refractivity contribution in [1.82, 2.24) is 5.32 Å². The smallest absolute Gasteiger partial charge is 0.255 e. The van der Waals surface area contributed by atoms with Crippen LogP contribution in [-0.2, 0) is 6.54 Å². The van der Waals surface area contributed by atoms with Crippen molar-refractivity contribution >= 4 is 29.1 Å². The van der Waals surface area contributed by atoms with Gasteiger partial charge in [-0.1, -0.05) is 48.0 Å². The number of hydrogen-bond donors (Lipinski definition) is 2. The molecule has 5 nitrogen and oxygen atoms in total. The number of nitrogens with one attached hydrogen (secondary N) is 2. The van der Waals surface area contributed by atoms with Crippen molar-refractivity contribution in [2.75, 3.05) is 12.4 Å². The fraction of sp³-hybridized carbons (Fsp3) is 0.0909. The maximum Gasteiger partial charge on any atom is 0.255 e. The van der Waals surface area contributed by atoms with E-state index in [1.165, 1.54) is 7.11 Å². The Bertz CT molecular complexity index is 990. The molecule has 6 heteroatoms. The number of rotatable bonds is 6. The van der Waals surface area contributed by atoms with Gasteiger partial charge in [-0.15, -0.1) is 0 Å². The van der Waals surface area contributed by atoms with Crippen LogP contribution in [0, 0.1) is 0 Å². The maximum absolute atomic E-state index is 12.5. The third kappa shape index (κ3) is 4.90. The third-order valence-electron chi connectivity index (χ3n) is 4.09. The quantitative estimate of drug-likeness (QED) is 0.645. The van der Waals surface area contributed by atoms with E-state index in [0.717, 1.165) is 5.56 Å². The largest absolute Gasteiger partial charge is 0.495 e. The van der Waals surface area contributed by atoms with E-state index in [1.807, 2.05) is 30.3 Å². The molecular formula is C22H19ClN2O3. The predicted molar refractivity (Wildman–Crippen MR) is 110 cm³/mol. The van der Waals surface area contributed by atoms with Crippen LogP contribution in [0.15, 0.2) is 72.8 Å². The summed E-state index contributed by atoms with van der Waals surface area (Å²) in [4.78, 5) is 24.9. The lowest BCUT2D eigenvalue weighted by Gasteiger charge is -2.09. The summed E-state index contributed by atoms with van der Waals surface area (Å²) < 4.78 is 5.10. The lowest BCUT2D eigenvalue weighted by Crippen LogP contribution is -2.23. The minimum Gasteiger partial charge on any atom is -0.495 e. The minimum absolute atomic E-state index is 0.244. The summed E-state index contributed by atoms with van der Waals surface area (Å²) in [6.07, 6.45) is 0. The number of benzene rings is 3. The first kappa shape index (κ1) is 19.5. The molecule has 0 aromatic heterocycles. The predicted octanol–water partition coefficient (Wildman–Crippen LogP) is 4.53. The number of anilines is 1. The average molecular weight is 395 g/mol. The van der Waals surface area contributed by atoms with E-state index in [0.29, 0.717) is 34.1 Å². The first-order chi connectivity index (χ1) is 13.6. The normalized spacial score (nSPS) is 10.2. The van der Waals surface area contributed by atoms with Crippen LogP contribution in [0.25, 0.3) is 0 Å². The van der Waals surface area contributed by atoms with Crippen LogP contribution in [-0.4, -0.2) is 18.9 Å². The first-order valence-electron chi connectivity index (χ1n) is 8.64. The molecule has 0 radical (unpaired) electrons. The van der Waals surface area contributed by atoms with Gasteiger partial charge in [-0.25, -0.2) is 0 Å². The molecule has 3 aromatic rings. The Morgan fingerprint density at radius 2 is 1.61 bits per heavy atom. The Kier molecular flexibility index (Phi) is 6.29. The summed E-state index contributed by atoms with van der Waals surface area (Å²) in [5.74, 6) is -0.0540. The van der Waals surface area contributed by atoms with Crippen molar-refractivity contribution in [2.45, 2.75) is 6.54 Å². The van der Waals surface area contributed by atoms with E-state index in [4.69, 9.17) is 16.3 Å². The van der Waals surface area contributed by atoms with Crippen molar-refractivity contribution < 1.29 is 14.3 Å². The van der Waals surface area contributed by atoms with Crippen LogP contribution in [0.2, 0.25) is 5.02 Å². The van der Waals surface area contributed by atoms with Crippen molar-refractivity contribution in [1.29, 1.82) is 0 Å². The van der Waals surface area contributed by atoms with Gasteiger partial charge in [-0.2, -0.15) is 0 Å². The SMILES string of the molecule is COc1ccc(NC(=O)c2cccc(C(=O)NCc3ccccc3)c2)cc1Cl. The Balaban J connectivity index is 1.67. The van der Waals surface area contributed by atoms with Crippen molar-refractivity contribution in [3.63, 3.8) is 0 Å². The zero-order chi connectivity index (χ0) is 19.9. The average Bonchev–Trinajstić information content (AvgIpc) is 2.73. The number of hydrogen-bond acceptors (Lipinski definition) is 3. The molecule has 0 fully saturated rings. The van der Waals surface area contributed by atoms with Gasteiger partial charge in [0.15, 0.2) is 0 Å². The number of methoxy groups -OCH3 is 1. The number of carbonyl (C=O) groups excluding carboxylic acids is 2. The van der Waals surface area contributed by atoms with E-state index >= 15 is 0 Å². The fourth-order valence-corrected chi connectivity index (χ4v) is 2.89. The third-order valence-corrected chi connectivity index (χ3v) is 4.39. The van der Waals surface area contributed by atoms with Gasteiger partial charge >= 0.3 is 0 Å². The molecule has 0 aliphatic heterocycles. The topological polar surface area (TPSA) is 67.4 Å². The molecule has 2 N–H and O–H groups in total. The second-order valence-electron chi connectivity index (χ2n) is 6.05. The summed E-state index contributed by atoms with van der Waals surface area (Å²) in [5.41, 5.74) is 2.33. The second kappa shape index (κ2) is 9.06. The summed E-state index contributed by atoms with van der Waals surface area (Å²) in [5, 5.41) is 6.01. The molecule has 28 heavy (non-hydrogen) atoms. The van der Waals surface area contributed by atoms with E-state index < -0.39 is 0 Å². The molecule has 0 heterocycles. The van der Waals surface area contributed by atoms with Gasteiger partial charge in [0, 0.05) is 23.4 Å². The molecular weight excluding hydrogens is 376 g/mol. The van der Waals surface area contributed by atoms with Gasteiger partial charge in [0.25, 0.3) is 11.8 Å². The number of halogens is 1. The molecule has 3 aromatic carbocycles. The van der Waals surface area contributed by atoms with Gasteiger partial charge in [0.2, 0.25) is 0 Å². The van der Waals surface area contributed by atoms with E-state index in [-0.39, 0.29) is 11.8 Å². The molecule has 142 valence electrons. The van der Waals surface area contributed by atoms with Crippen LogP contribution in [0.1, 0.15) is 26.3 Å². The van der Waals surface area contributed by atoms with Crippen LogP contribution < -0.4 is 15.4 Å². The van der Waals surface area contributed by atoms with Crippen LogP contribution in [0.5, 0.6) is 5.75 Å². The zero-order valence-corrected chi connectivity index (χ0v) is 16.0. The molecule has 0 saturated carbocycles. The Morgan fingerprint density at radius 1 is 0.893 bits per heavy atom. The van der Waals surface area contributed by atoms with Crippen molar-refractivity contribution in [3.8, 4) is 5.75 Å². The van der Waals surface area contributed by atoms with Crippen molar-refractivity contribution in [2.24, 2.45) is 0 Å². The molecule has 0 unspecified atom stereocenters. The van der Waals surface area contributed by atoms with Crippen LogP contribution in [0.4, 0.5) is 5.69 Å². The molecule has 0 atom stereocenters. The van der Waals surface area contributed by atoms with Gasteiger partial charge < -0.3 is 15.4 Å². The van der Waals surface area contributed by atoms with Crippen LogP contribution in [0.3, 0.4) is 0 Å². The number of carbonyl (C=O) groups is 2. The highest BCUT2D eigenvalue weighted by atomic mass is 35.5. The van der Waals surface area contributed by atoms with Gasteiger partial charge in [0.05, 0.1) is 12.1 Å². The Morgan fingerprint density at radius 3 is 2.29 bits per heavy atom. The second-order valence-corrected chi connectivity index (χ2v) is 6.46. The van der Waals surface area contributed by atoms with Gasteiger partial charge in [-0.3, -0.25) is 9.59 Å². The maximum atomic E-state index is 12.5. The van der Waals surface area contributed by atoms with E-state index in [2.05, 4.69) is 10.6 Å². The molecule has 2 amide bonds. The van der Waals surface area contributed by atoms with E-state index in [1.54, 1.807) is 42.5 Å². The molecule has 0 aliphatic rings. The van der Waals surface area contributed by atoms with Crippen molar-refractivity contribution in [3.05, 3.63) is 94.5 Å². The molecule has 0 spiro atoms. The molecule has 3 rings (SSSR count). The fourth-order valence-electron chi connectivity index (χ4n) is 2.63. The Hall–Kier alpha value is -3.31. The first-order valence-corrected chi connectivity index (χ1v) is 9.01. The Labute approximate surface area is 168 Å². The van der Waals surface area contributed by atoms with Gasteiger partial charge in [0.1, 0.15) is 5.75 Å². The molecule has 0 bridgehead atoms. The molecule has 0 aliphatic carbocycles. The summed E-state index contributed by atoms with van der Waals surface area (Å²) >= 11 is 6.08. The minimum atomic E-state index is -0.334. The number of amides is 2. The summed E-state index contributed by atoms with van der Waals surface area (Å²) in [6, 6.07) is 21.1. The summed E-state index contributed by atoms with van der Waals surface area (Å²) in [6.45, 7) is 0.417. The number of ether oxygens (including phenoxy) is 1. The van der Waals surface area contributed by atoms with Crippen LogP contribution >= 0.6 is 11.6 Å². The highest BCUT2D eigenvalue weighted by Gasteiger charge is 2.12. The zero-order valence-electron chi connectivity index (χ0n) is 15.2. The standard InChI is InChI=1S/C22H19ClN2O3/c1-28-20-11-10-18(13-19(20)23)25-22(27)17-9-5-8-16(12-17)21(26)24-14-15-6-3-2-4-7-15/h2-13H,14H2,1H3,(H,24,26)(H,25,27). The highest BCUT2D eigenvalue weighted by molar-refractivity contribution is 6.32. The highest BCUT2D eigenvalue weighted by Crippen LogP contribution is 2.27. The lowest BCUT2D eigenvalue weighted by molar-refractivity contribution is 0.0951. The van der Waals surface area contributed by atoms with Gasteiger partial charge in [-0.05, 0) is 42.0 Å². The monoisotopic (exact) mass is 394 g/mol. The van der Waals surface area contributed by atoms with E-state index in [9.17, 15) is 9.59 Å².